The molecule has 0 aliphatic carbocycles. The highest BCUT2D eigenvalue weighted by Crippen LogP contribution is 2.08. The molecule has 0 spiro atoms. The van der Waals surface area contributed by atoms with Crippen LogP contribution in [-0.4, -0.2) is 10.7 Å². The van der Waals surface area contributed by atoms with Gasteiger partial charge in [-0.1, -0.05) is 19.9 Å². The molecule has 0 saturated carbocycles. The van der Waals surface area contributed by atoms with E-state index in [2.05, 4.69) is 42.4 Å². The lowest BCUT2D eigenvalue weighted by molar-refractivity contribution is 1.03. The minimum absolute atomic E-state index is 1.00. The zero-order valence-electron chi connectivity index (χ0n) is 8.86. The lowest BCUT2D eigenvalue weighted by atomic mass is 10.2. The van der Waals surface area contributed by atoms with Crippen molar-refractivity contribution >= 4 is 17.8 Å². The molecule has 0 N–H and O–H groups in total. The van der Waals surface area contributed by atoms with Crippen molar-refractivity contribution < 1.29 is 0 Å². The molecule has 1 nitrogen and oxygen atoms in total. The molecule has 1 heterocycles. The van der Waals surface area contributed by atoms with Gasteiger partial charge >= 0.3 is 0 Å². The van der Waals surface area contributed by atoms with E-state index in [0.717, 1.165) is 17.8 Å². The molecule has 76 valence electrons. The van der Waals surface area contributed by atoms with Crippen molar-refractivity contribution in [2.24, 2.45) is 0 Å². The summed E-state index contributed by atoms with van der Waals surface area (Å²) in [7, 11) is 0. The van der Waals surface area contributed by atoms with Gasteiger partial charge in [0.2, 0.25) is 0 Å². The van der Waals surface area contributed by atoms with Crippen molar-refractivity contribution in [2.75, 3.05) is 5.75 Å². The molecule has 0 amide bonds. The highest BCUT2D eigenvalue weighted by Gasteiger charge is 1.91. The average Bonchev–Trinajstić information content (AvgIpc) is 2.25. The van der Waals surface area contributed by atoms with Crippen LogP contribution in [-0.2, 0) is 6.42 Å². The summed E-state index contributed by atoms with van der Waals surface area (Å²) in [4.78, 5) is 4.49. The first kappa shape index (κ1) is 11.3. The summed E-state index contributed by atoms with van der Waals surface area (Å²) in [5.41, 5.74) is 2.22. The molecule has 0 fully saturated rings. The molecule has 0 saturated heterocycles. The molecular formula is C12H17NS. The predicted octanol–water partition coefficient (Wildman–Crippen LogP) is 3.76. The number of nitrogens with zero attached hydrogens (tertiary/aromatic N) is 1. The number of aromatic nitrogens is 1. The largest absolute Gasteiger partial charge is 0.253 e. The van der Waals surface area contributed by atoms with E-state index in [9.17, 15) is 0 Å². The Labute approximate surface area is 90.6 Å². The standard InChI is InChI=1S/C12H17NS/c1-3-9-14-10-8-12-7-5-6-11(4-2)13-12/h5-8,10H,3-4,9H2,1-2H3/b10-8+. The van der Waals surface area contributed by atoms with E-state index in [0.29, 0.717) is 0 Å². The van der Waals surface area contributed by atoms with Crippen LogP contribution in [0.4, 0.5) is 0 Å². The van der Waals surface area contributed by atoms with Crippen LogP contribution in [0.3, 0.4) is 0 Å². The summed E-state index contributed by atoms with van der Waals surface area (Å²) >= 11 is 1.84. The fourth-order valence-corrected chi connectivity index (χ4v) is 1.70. The van der Waals surface area contributed by atoms with Crippen molar-refractivity contribution in [3.05, 3.63) is 35.0 Å². The van der Waals surface area contributed by atoms with Crippen molar-refractivity contribution in [3.8, 4) is 0 Å². The van der Waals surface area contributed by atoms with Gasteiger partial charge in [0.15, 0.2) is 0 Å². The summed E-state index contributed by atoms with van der Waals surface area (Å²) in [6.07, 6.45) is 4.31. The zero-order chi connectivity index (χ0) is 10.2. The molecule has 1 rings (SSSR count). The lowest BCUT2D eigenvalue weighted by Crippen LogP contribution is -1.87. The topological polar surface area (TPSA) is 12.9 Å². The van der Waals surface area contributed by atoms with Gasteiger partial charge < -0.3 is 0 Å². The molecule has 0 aliphatic rings. The summed E-state index contributed by atoms with van der Waals surface area (Å²) in [5, 5.41) is 2.13. The van der Waals surface area contributed by atoms with Crippen LogP contribution < -0.4 is 0 Å². The Morgan fingerprint density at radius 1 is 1.36 bits per heavy atom. The van der Waals surface area contributed by atoms with Gasteiger partial charge in [0, 0.05) is 5.69 Å². The number of pyridine rings is 1. The Morgan fingerprint density at radius 3 is 2.93 bits per heavy atom. The normalized spacial score (nSPS) is 11.0. The second kappa shape index (κ2) is 6.66. The lowest BCUT2D eigenvalue weighted by Gasteiger charge is -1.97. The zero-order valence-corrected chi connectivity index (χ0v) is 9.68. The fraction of sp³-hybridized carbons (Fsp3) is 0.417. The van der Waals surface area contributed by atoms with Gasteiger partial charge in [0.05, 0.1) is 5.69 Å². The van der Waals surface area contributed by atoms with Gasteiger partial charge in [-0.3, -0.25) is 4.98 Å². The maximum atomic E-state index is 4.49. The van der Waals surface area contributed by atoms with E-state index >= 15 is 0 Å². The molecule has 1 aromatic rings. The van der Waals surface area contributed by atoms with Crippen LogP contribution in [0.1, 0.15) is 31.7 Å². The third-order valence-corrected chi connectivity index (χ3v) is 2.82. The summed E-state index contributed by atoms with van der Waals surface area (Å²) in [6.45, 7) is 4.32. The molecule has 14 heavy (non-hydrogen) atoms. The van der Waals surface area contributed by atoms with Crippen LogP contribution in [0, 0.1) is 0 Å². The van der Waals surface area contributed by atoms with E-state index in [-0.39, 0.29) is 0 Å². The Hall–Kier alpha value is -0.760. The Bertz CT molecular complexity index is 294. The van der Waals surface area contributed by atoms with Gasteiger partial charge in [-0.25, -0.2) is 0 Å². The molecule has 2 heteroatoms. The van der Waals surface area contributed by atoms with Crippen molar-refractivity contribution in [1.82, 2.24) is 4.98 Å². The number of aryl methyl sites for hydroxylation is 1. The summed E-state index contributed by atoms with van der Waals surface area (Å²) < 4.78 is 0. The van der Waals surface area contributed by atoms with E-state index in [1.165, 1.54) is 12.2 Å². The van der Waals surface area contributed by atoms with Crippen LogP contribution in [0.2, 0.25) is 0 Å². The van der Waals surface area contributed by atoms with Crippen LogP contribution in [0.15, 0.2) is 23.6 Å². The second-order valence-electron chi connectivity index (χ2n) is 3.08. The van der Waals surface area contributed by atoms with Gasteiger partial charge in [0.1, 0.15) is 0 Å². The number of thioether (sulfide) groups is 1. The van der Waals surface area contributed by atoms with Gasteiger partial charge in [0.25, 0.3) is 0 Å². The van der Waals surface area contributed by atoms with E-state index in [4.69, 9.17) is 0 Å². The molecule has 0 aromatic carbocycles. The molecular weight excluding hydrogens is 190 g/mol. The molecule has 1 aromatic heterocycles. The van der Waals surface area contributed by atoms with Crippen molar-refractivity contribution in [3.63, 3.8) is 0 Å². The first-order chi connectivity index (χ1) is 6.86. The highest BCUT2D eigenvalue weighted by atomic mass is 32.2. The maximum absolute atomic E-state index is 4.49. The highest BCUT2D eigenvalue weighted by molar-refractivity contribution is 8.02. The van der Waals surface area contributed by atoms with Crippen LogP contribution in [0.5, 0.6) is 0 Å². The SMILES string of the molecule is CCCS/C=C/c1cccc(CC)n1. The fourth-order valence-electron chi connectivity index (χ4n) is 1.09. The first-order valence-electron chi connectivity index (χ1n) is 5.11. The number of rotatable bonds is 5. The molecule has 0 aliphatic heterocycles. The van der Waals surface area contributed by atoms with E-state index in [1.807, 2.05) is 17.8 Å². The third kappa shape index (κ3) is 3.97. The molecule has 0 radical (unpaired) electrons. The second-order valence-corrected chi connectivity index (χ2v) is 4.09. The smallest absolute Gasteiger partial charge is 0.0638 e. The monoisotopic (exact) mass is 207 g/mol. The number of hydrogen-bond donors (Lipinski definition) is 0. The van der Waals surface area contributed by atoms with Gasteiger partial charge in [-0.15, -0.1) is 11.8 Å². The van der Waals surface area contributed by atoms with Gasteiger partial charge in [-0.2, -0.15) is 0 Å². The summed E-state index contributed by atoms with van der Waals surface area (Å²) in [6, 6.07) is 6.18. The molecule has 0 unspecified atom stereocenters. The quantitative estimate of drug-likeness (QED) is 0.682. The van der Waals surface area contributed by atoms with Crippen molar-refractivity contribution in [2.45, 2.75) is 26.7 Å². The number of hydrogen-bond acceptors (Lipinski definition) is 2. The van der Waals surface area contributed by atoms with Crippen LogP contribution >= 0.6 is 11.8 Å². The molecule has 0 bridgehead atoms. The Kier molecular flexibility index (Phi) is 5.38. The van der Waals surface area contributed by atoms with Crippen LogP contribution in [0.25, 0.3) is 6.08 Å². The van der Waals surface area contributed by atoms with E-state index < -0.39 is 0 Å². The minimum atomic E-state index is 1.00. The Balaban J connectivity index is 2.53. The predicted molar refractivity (Wildman–Crippen MR) is 65.4 cm³/mol. The first-order valence-corrected chi connectivity index (χ1v) is 6.15. The average molecular weight is 207 g/mol. The summed E-state index contributed by atoms with van der Waals surface area (Å²) in [5.74, 6) is 1.18. The third-order valence-electron chi connectivity index (χ3n) is 1.85. The Morgan fingerprint density at radius 2 is 2.21 bits per heavy atom. The van der Waals surface area contributed by atoms with E-state index in [1.54, 1.807) is 0 Å². The van der Waals surface area contributed by atoms with Gasteiger partial charge in [-0.05, 0) is 42.2 Å². The minimum Gasteiger partial charge on any atom is -0.253 e. The maximum Gasteiger partial charge on any atom is 0.0638 e. The molecule has 0 atom stereocenters. The van der Waals surface area contributed by atoms with Crippen molar-refractivity contribution in [1.29, 1.82) is 0 Å².